The maximum Gasteiger partial charge on any atom is 0.317 e. The van der Waals surface area contributed by atoms with Crippen LogP contribution in [0.3, 0.4) is 0 Å². The van der Waals surface area contributed by atoms with Gasteiger partial charge in [-0.05, 0) is 49.1 Å². The molecule has 1 fully saturated rings. The number of amides is 2. The Morgan fingerprint density at radius 1 is 1.02 bits per heavy atom. The Balaban J connectivity index is 1.16. The molecule has 0 saturated carbocycles. The number of piperazine rings is 1. The Morgan fingerprint density at radius 3 is 2.65 bits per heavy atom. The highest BCUT2D eigenvalue weighted by Crippen LogP contribution is 2.32. The van der Waals surface area contributed by atoms with Crippen LogP contribution < -0.4 is 11.1 Å². The lowest BCUT2D eigenvalue weighted by atomic mass is 10.0. The monoisotopic (exact) mass is 537 g/mol. The van der Waals surface area contributed by atoms with Crippen LogP contribution in [0.25, 0.3) is 27.5 Å². The summed E-state index contributed by atoms with van der Waals surface area (Å²) in [5, 5.41) is 13.2. The SMILES string of the molecule is CNC(=O)N1CCN(CCCCc2cc(-c3ccc4cn(Cc5ccccc5)nc4c3)c3c(N)ncnn23)CC1. The summed E-state index contributed by atoms with van der Waals surface area (Å²) >= 11 is 0. The van der Waals surface area contributed by atoms with Gasteiger partial charge in [-0.15, -0.1) is 0 Å². The maximum absolute atomic E-state index is 11.8. The van der Waals surface area contributed by atoms with Crippen molar-refractivity contribution in [2.75, 3.05) is 45.5 Å². The number of rotatable bonds is 8. The number of nitrogens with zero attached hydrogens (tertiary/aromatic N) is 7. The van der Waals surface area contributed by atoms with E-state index < -0.39 is 0 Å². The minimum absolute atomic E-state index is 0.0107. The smallest absolute Gasteiger partial charge is 0.317 e. The van der Waals surface area contributed by atoms with Crippen LogP contribution in [-0.2, 0) is 13.0 Å². The molecule has 0 aliphatic carbocycles. The molecule has 0 radical (unpaired) electrons. The highest BCUT2D eigenvalue weighted by molar-refractivity contribution is 5.92. The molecule has 0 atom stereocenters. The topological polar surface area (TPSA) is 110 Å². The molecule has 0 spiro atoms. The molecule has 6 rings (SSSR count). The Hall–Kier alpha value is -4.44. The van der Waals surface area contributed by atoms with E-state index in [4.69, 9.17) is 10.8 Å². The number of nitrogen functional groups attached to an aromatic ring is 1. The standard InChI is InChI=1S/C30H35N9O/c1-32-30(40)37-15-13-36(14-16-37)12-6-5-9-25-18-26(28-29(31)33-21-34-39(25)28)23-10-11-24-20-38(35-27(24)17-23)19-22-7-3-2-4-8-22/h2-4,7-8,10-11,17-18,20-21H,5-6,9,12-16,19H2,1H3,(H,32,40)(H2,31,33,34). The van der Waals surface area contributed by atoms with Crippen LogP contribution in [0.2, 0.25) is 0 Å². The third kappa shape index (κ3) is 5.35. The summed E-state index contributed by atoms with van der Waals surface area (Å²) in [5.41, 5.74) is 12.6. The molecule has 206 valence electrons. The predicted octanol–water partition coefficient (Wildman–Crippen LogP) is 3.66. The van der Waals surface area contributed by atoms with E-state index >= 15 is 0 Å². The largest absolute Gasteiger partial charge is 0.382 e. The van der Waals surface area contributed by atoms with Gasteiger partial charge in [-0.2, -0.15) is 10.2 Å². The maximum atomic E-state index is 11.8. The first-order chi connectivity index (χ1) is 19.6. The molecule has 4 heterocycles. The van der Waals surface area contributed by atoms with E-state index in [1.165, 1.54) is 11.9 Å². The van der Waals surface area contributed by atoms with Crippen molar-refractivity contribution in [3.8, 4) is 11.1 Å². The highest BCUT2D eigenvalue weighted by atomic mass is 16.2. The van der Waals surface area contributed by atoms with Crippen molar-refractivity contribution in [1.29, 1.82) is 0 Å². The van der Waals surface area contributed by atoms with Gasteiger partial charge in [-0.3, -0.25) is 9.58 Å². The van der Waals surface area contributed by atoms with Crippen molar-refractivity contribution >= 4 is 28.3 Å². The fourth-order valence-electron chi connectivity index (χ4n) is 5.59. The summed E-state index contributed by atoms with van der Waals surface area (Å²) in [6.45, 7) is 5.14. The third-order valence-electron chi connectivity index (χ3n) is 7.74. The van der Waals surface area contributed by atoms with Gasteiger partial charge in [0.1, 0.15) is 11.8 Å². The van der Waals surface area contributed by atoms with Crippen LogP contribution in [0.4, 0.5) is 10.6 Å². The number of unbranched alkanes of at least 4 members (excludes halogenated alkanes) is 1. The minimum atomic E-state index is 0.0107. The summed E-state index contributed by atoms with van der Waals surface area (Å²) in [6.07, 6.45) is 6.62. The molecule has 3 N–H and O–H groups in total. The zero-order valence-corrected chi connectivity index (χ0v) is 22.8. The lowest BCUT2D eigenvalue weighted by molar-refractivity contribution is 0.139. The normalized spacial score (nSPS) is 14.3. The number of nitrogens with one attached hydrogen (secondary N) is 1. The van der Waals surface area contributed by atoms with Crippen LogP contribution in [0, 0.1) is 0 Å². The van der Waals surface area contributed by atoms with Gasteiger partial charge >= 0.3 is 6.03 Å². The zero-order chi connectivity index (χ0) is 27.5. The molecule has 10 nitrogen and oxygen atoms in total. The molecular formula is C30H35N9O. The summed E-state index contributed by atoms with van der Waals surface area (Å²) in [6, 6.07) is 18.9. The van der Waals surface area contributed by atoms with Gasteiger partial charge in [-0.1, -0.05) is 42.5 Å². The second-order valence-electron chi connectivity index (χ2n) is 10.4. The average Bonchev–Trinajstić information content (AvgIpc) is 3.57. The van der Waals surface area contributed by atoms with Crippen molar-refractivity contribution in [3.05, 3.63) is 78.4 Å². The average molecular weight is 538 g/mol. The van der Waals surface area contributed by atoms with E-state index in [1.54, 1.807) is 7.05 Å². The molecule has 3 aromatic heterocycles. The van der Waals surface area contributed by atoms with E-state index in [0.29, 0.717) is 5.82 Å². The Labute approximate surface area is 233 Å². The predicted molar refractivity (Wildman–Crippen MR) is 157 cm³/mol. The van der Waals surface area contributed by atoms with Crippen LogP contribution in [-0.4, -0.2) is 80.0 Å². The number of urea groups is 1. The molecule has 2 aromatic carbocycles. The van der Waals surface area contributed by atoms with Gasteiger partial charge in [0.2, 0.25) is 0 Å². The quantitative estimate of drug-likeness (QED) is 0.293. The molecular weight excluding hydrogens is 502 g/mol. The molecule has 2 amide bonds. The van der Waals surface area contributed by atoms with Gasteiger partial charge in [0.05, 0.1) is 12.1 Å². The van der Waals surface area contributed by atoms with E-state index in [-0.39, 0.29) is 6.03 Å². The van der Waals surface area contributed by atoms with Crippen LogP contribution >= 0.6 is 0 Å². The van der Waals surface area contributed by atoms with Crippen molar-refractivity contribution in [3.63, 3.8) is 0 Å². The minimum Gasteiger partial charge on any atom is -0.382 e. The van der Waals surface area contributed by atoms with Crippen molar-refractivity contribution < 1.29 is 4.79 Å². The number of nitrogens with two attached hydrogens (primary N) is 1. The number of anilines is 1. The molecule has 1 aliphatic rings. The molecule has 40 heavy (non-hydrogen) atoms. The van der Waals surface area contributed by atoms with Gasteiger partial charge in [0.15, 0.2) is 5.82 Å². The van der Waals surface area contributed by atoms with Gasteiger partial charge in [-0.25, -0.2) is 14.3 Å². The number of hydrogen-bond donors (Lipinski definition) is 2. The van der Waals surface area contributed by atoms with E-state index in [0.717, 1.165) is 91.8 Å². The fraction of sp³-hybridized carbons (Fsp3) is 0.333. The zero-order valence-electron chi connectivity index (χ0n) is 22.8. The summed E-state index contributed by atoms with van der Waals surface area (Å²) in [5.74, 6) is 0.472. The number of aromatic nitrogens is 5. The number of aryl methyl sites for hydroxylation is 1. The van der Waals surface area contributed by atoms with Gasteiger partial charge < -0.3 is 16.0 Å². The number of fused-ring (bicyclic) bond motifs is 2. The Bertz CT molecular complexity index is 1620. The van der Waals surface area contributed by atoms with E-state index in [9.17, 15) is 4.79 Å². The molecule has 0 bridgehead atoms. The summed E-state index contributed by atoms with van der Waals surface area (Å²) in [4.78, 5) is 20.4. The van der Waals surface area contributed by atoms with Crippen molar-refractivity contribution in [2.24, 2.45) is 0 Å². The van der Waals surface area contributed by atoms with Crippen LogP contribution in [0.5, 0.6) is 0 Å². The number of carbonyl (C=O) groups is 1. The molecule has 5 aromatic rings. The first kappa shape index (κ1) is 25.8. The molecule has 0 unspecified atom stereocenters. The summed E-state index contributed by atoms with van der Waals surface area (Å²) < 4.78 is 3.93. The second-order valence-corrected chi connectivity index (χ2v) is 10.4. The number of carbonyl (C=O) groups excluding carboxylic acids is 1. The van der Waals surface area contributed by atoms with Crippen molar-refractivity contribution in [2.45, 2.75) is 25.8 Å². The molecule has 1 aliphatic heterocycles. The first-order valence-electron chi connectivity index (χ1n) is 13.9. The van der Waals surface area contributed by atoms with Gasteiger partial charge in [0, 0.05) is 56.1 Å². The van der Waals surface area contributed by atoms with Crippen molar-refractivity contribution in [1.82, 2.24) is 39.5 Å². The lowest BCUT2D eigenvalue weighted by Crippen LogP contribution is -2.51. The number of benzene rings is 2. The fourth-order valence-corrected chi connectivity index (χ4v) is 5.59. The molecule has 1 saturated heterocycles. The highest BCUT2D eigenvalue weighted by Gasteiger charge is 2.20. The lowest BCUT2D eigenvalue weighted by Gasteiger charge is -2.34. The second kappa shape index (κ2) is 11.4. The number of hydrogen-bond acceptors (Lipinski definition) is 6. The van der Waals surface area contributed by atoms with Crippen LogP contribution in [0.15, 0.2) is 67.1 Å². The van der Waals surface area contributed by atoms with Crippen LogP contribution in [0.1, 0.15) is 24.1 Å². The summed E-state index contributed by atoms with van der Waals surface area (Å²) in [7, 11) is 1.68. The van der Waals surface area contributed by atoms with E-state index in [1.807, 2.05) is 20.2 Å². The first-order valence-corrected chi connectivity index (χ1v) is 13.9. The Kier molecular flexibility index (Phi) is 7.33. The van der Waals surface area contributed by atoms with E-state index in [2.05, 4.69) is 75.0 Å². The van der Waals surface area contributed by atoms with Gasteiger partial charge in [0.25, 0.3) is 0 Å². The third-order valence-corrected chi connectivity index (χ3v) is 7.74. The molecule has 10 heteroatoms. The Morgan fingerprint density at radius 2 is 1.85 bits per heavy atom.